The second-order valence-electron chi connectivity index (χ2n) is 6.22. The van der Waals surface area contributed by atoms with Crippen molar-refractivity contribution in [2.24, 2.45) is 5.92 Å². The van der Waals surface area contributed by atoms with Crippen molar-refractivity contribution in [2.75, 3.05) is 13.2 Å². The highest BCUT2D eigenvalue weighted by molar-refractivity contribution is 5.37. The molecule has 0 amide bonds. The predicted molar refractivity (Wildman–Crippen MR) is 91.9 cm³/mol. The van der Waals surface area contributed by atoms with E-state index in [0.29, 0.717) is 25.0 Å². The number of para-hydroxylation sites is 1. The number of hydrogen-bond donors (Lipinski definition) is 0. The molecule has 2 heteroatoms. The molecule has 0 N–H and O–H groups in total. The van der Waals surface area contributed by atoms with E-state index in [1.165, 1.54) is 11.1 Å². The van der Waals surface area contributed by atoms with Gasteiger partial charge in [0.15, 0.2) is 0 Å². The summed E-state index contributed by atoms with van der Waals surface area (Å²) in [5.74, 6) is 2.74. The van der Waals surface area contributed by atoms with Gasteiger partial charge in [-0.1, -0.05) is 51.1 Å². The van der Waals surface area contributed by atoms with Gasteiger partial charge in [-0.15, -0.1) is 0 Å². The monoisotopic (exact) mass is 298 g/mol. The zero-order valence-corrected chi connectivity index (χ0v) is 14.0. The first kappa shape index (κ1) is 16.4. The van der Waals surface area contributed by atoms with Crippen LogP contribution in [-0.2, 0) is 0 Å². The smallest absolute Gasteiger partial charge is 0.122 e. The standard InChI is InChI=1S/C20H26O2/c1-15(2)18-11-10-17(4)20(12-18)22-14-16(3)13-21-19-8-6-5-7-9-19/h5-12,15-16H,13-14H2,1-4H3. The summed E-state index contributed by atoms with van der Waals surface area (Å²) in [5.41, 5.74) is 2.49. The van der Waals surface area contributed by atoms with Crippen molar-refractivity contribution < 1.29 is 9.47 Å². The van der Waals surface area contributed by atoms with Gasteiger partial charge in [-0.3, -0.25) is 0 Å². The summed E-state index contributed by atoms with van der Waals surface area (Å²) in [6, 6.07) is 16.4. The largest absolute Gasteiger partial charge is 0.493 e. The van der Waals surface area contributed by atoms with Crippen LogP contribution in [0.15, 0.2) is 48.5 Å². The lowest BCUT2D eigenvalue weighted by molar-refractivity contribution is 0.187. The minimum absolute atomic E-state index is 0.335. The quantitative estimate of drug-likeness (QED) is 0.698. The first-order chi connectivity index (χ1) is 10.6. The average molecular weight is 298 g/mol. The van der Waals surface area contributed by atoms with Crippen LogP contribution in [0.5, 0.6) is 11.5 Å². The SMILES string of the molecule is Cc1ccc(C(C)C)cc1OCC(C)COc1ccccc1. The predicted octanol–water partition coefficient (Wildman–Crippen LogP) is 5.21. The molecule has 1 unspecified atom stereocenters. The number of benzene rings is 2. The lowest BCUT2D eigenvalue weighted by Crippen LogP contribution is -2.17. The molecular formula is C20H26O2. The van der Waals surface area contributed by atoms with E-state index in [0.717, 1.165) is 11.5 Å². The van der Waals surface area contributed by atoms with E-state index in [1.54, 1.807) is 0 Å². The number of aryl methyl sites for hydroxylation is 1. The summed E-state index contributed by atoms with van der Waals surface area (Å²) in [6.07, 6.45) is 0. The van der Waals surface area contributed by atoms with Crippen molar-refractivity contribution >= 4 is 0 Å². The summed E-state index contributed by atoms with van der Waals surface area (Å²) in [5, 5.41) is 0. The maximum Gasteiger partial charge on any atom is 0.122 e. The molecule has 0 aromatic heterocycles. The third kappa shape index (κ3) is 4.80. The molecule has 0 spiro atoms. The Morgan fingerprint density at radius 2 is 1.55 bits per heavy atom. The molecule has 0 heterocycles. The van der Waals surface area contributed by atoms with Gasteiger partial charge in [0.1, 0.15) is 11.5 Å². The zero-order valence-electron chi connectivity index (χ0n) is 14.0. The summed E-state index contributed by atoms with van der Waals surface area (Å²) < 4.78 is 11.8. The summed E-state index contributed by atoms with van der Waals surface area (Å²) >= 11 is 0. The molecule has 1 atom stereocenters. The Morgan fingerprint density at radius 1 is 0.864 bits per heavy atom. The highest BCUT2D eigenvalue weighted by Gasteiger charge is 2.08. The highest BCUT2D eigenvalue weighted by atomic mass is 16.5. The van der Waals surface area contributed by atoms with Crippen molar-refractivity contribution in [1.82, 2.24) is 0 Å². The average Bonchev–Trinajstić information content (AvgIpc) is 2.53. The van der Waals surface area contributed by atoms with Gasteiger partial charge < -0.3 is 9.47 Å². The van der Waals surface area contributed by atoms with E-state index in [4.69, 9.17) is 9.47 Å². The second kappa shape index (κ2) is 7.88. The maximum atomic E-state index is 6.00. The van der Waals surface area contributed by atoms with Gasteiger partial charge in [-0.25, -0.2) is 0 Å². The lowest BCUT2D eigenvalue weighted by Gasteiger charge is -2.17. The molecule has 22 heavy (non-hydrogen) atoms. The third-order valence-corrected chi connectivity index (χ3v) is 3.68. The van der Waals surface area contributed by atoms with Crippen LogP contribution in [-0.4, -0.2) is 13.2 Å². The molecule has 0 saturated heterocycles. The van der Waals surface area contributed by atoms with E-state index < -0.39 is 0 Å². The number of hydrogen-bond acceptors (Lipinski definition) is 2. The van der Waals surface area contributed by atoms with Crippen LogP contribution >= 0.6 is 0 Å². The van der Waals surface area contributed by atoms with E-state index in [-0.39, 0.29) is 0 Å². The minimum atomic E-state index is 0.335. The van der Waals surface area contributed by atoms with E-state index in [9.17, 15) is 0 Å². The highest BCUT2D eigenvalue weighted by Crippen LogP contribution is 2.24. The summed E-state index contributed by atoms with van der Waals surface area (Å²) in [7, 11) is 0. The Hall–Kier alpha value is -1.96. The summed E-state index contributed by atoms with van der Waals surface area (Å²) in [4.78, 5) is 0. The topological polar surface area (TPSA) is 18.5 Å². The molecule has 2 aromatic rings. The Bertz CT molecular complexity index is 576. The Kier molecular flexibility index (Phi) is 5.88. The zero-order chi connectivity index (χ0) is 15.9. The molecule has 2 nitrogen and oxygen atoms in total. The summed E-state index contributed by atoms with van der Waals surface area (Å²) in [6.45, 7) is 9.95. The molecule has 2 rings (SSSR count). The molecular weight excluding hydrogens is 272 g/mol. The fourth-order valence-electron chi connectivity index (χ4n) is 2.17. The van der Waals surface area contributed by atoms with E-state index >= 15 is 0 Å². The van der Waals surface area contributed by atoms with Gasteiger partial charge in [0.2, 0.25) is 0 Å². The van der Waals surface area contributed by atoms with Crippen LogP contribution in [0.1, 0.15) is 37.8 Å². The molecule has 0 fully saturated rings. The van der Waals surface area contributed by atoms with Crippen LogP contribution in [0.3, 0.4) is 0 Å². The molecule has 2 aromatic carbocycles. The molecule has 0 aliphatic rings. The molecule has 0 aliphatic heterocycles. The van der Waals surface area contributed by atoms with Crippen LogP contribution in [0.4, 0.5) is 0 Å². The van der Waals surface area contributed by atoms with Gasteiger partial charge in [0.25, 0.3) is 0 Å². The Morgan fingerprint density at radius 3 is 2.23 bits per heavy atom. The van der Waals surface area contributed by atoms with Crippen molar-refractivity contribution in [3.63, 3.8) is 0 Å². The van der Waals surface area contributed by atoms with Gasteiger partial charge in [0, 0.05) is 5.92 Å². The molecule has 0 saturated carbocycles. The molecule has 0 radical (unpaired) electrons. The fraction of sp³-hybridized carbons (Fsp3) is 0.400. The minimum Gasteiger partial charge on any atom is -0.493 e. The van der Waals surface area contributed by atoms with Gasteiger partial charge >= 0.3 is 0 Å². The maximum absolute atomic E-state index is 6.00. The first-order valence-corrected chi connectivity index (χ1v) is 7.97. The van der Waals surface area contributed by atoms with Gasteiger partial charge in [0.05, 0.1) is 13.2 Å². The van der Waals surface area contributed by atoms with Gasteiger partial charge in [-0.05, 0) is 42.2 Å². The van der Waals surface area contributed by atoms with Gasteiger partial charge in [-0.2, -0.15) is 0 Å². The second-order valence-corrected chi connectivity index (χ2v) is 6.22. The first-order valence-electron chi connectivity index (χ1n) is 7.97. The van der Waals surface area contributed by atoms with Crippen LogP contribution < -0.4 is 9.47 Å². The van der Waals surface area contributed by atoms with Crippen LogP contribution in [0.25, 0.3) is 0 Å². The molecule has 118 valence electrons. The Labute approximate surface area is 134 Å². The van der Waals surface area contributed by atoms with Crippen molar-refractivity contribution in [1.29, 1.82) is 0 Å². The number of ether oxygens (including phenoxy) is 2. The molecule has 0 bridgehead atoms. The molecule has 0 aliphatic carbocycles. The van der Waals surface area contributed by atoms with Crippen LogP contribution in [0, 0.1) is 12.8 Å². The Balaban J connectivity index is 1.85. The normalized spacial score (nSPS) is 12.2. The number of rotatable bonds is 7. The van der Waals surface area contributed by atoms with Crippen molar-refractivity contribution in [3.8, 4) is 11.5 Å². The lowest BCUT2D eigenvalue weighted by atomic mass is 10.0. The fourth-order valence-corrected chi connectivity index (χ4v) is 2.17. The third-order valence-electron chi connectivity index (χ3n) is 3.68. The van der Waals surface area contributed by atoms with E-state index in [2.05, 4.69) is 45.9 Å². The van der Waals surface area contributed by atoms with Crippen molar-refractivity contribution in [3.05, 3.63) is 59.7 Å². The van der Waals surface area contributed by atoms with Crippen LogP contribution in [0.2, 0.25) is 0 Å². The van der Waals surface area contributed by atoms with E-state index in [1.807, 2.05) is 30.3 Å². The van der Waals surface area contributed by atoms with Crippen molar-refractivity contribution in [2.45, 2.75) is 33.6 Å².